The van der Waals surface area contributed by atoms with Crippen LogP contribution in [-0.2, 0) is 6.54 Å². The van der Waals surface area contributed by atoms with Gasteiger partial charge in [-0.05, 0) is 18.3 Å². The third kappa shape index (κ3) is 3.94. The average molecular weight is 267 g/mol. The summed E-state index contributed by atoms with van der Waals surface area (Å²) in [6.45, 7) is 3.57. The summed E-state index contributed by atoms with van der Waals surface area (Å²) in [6, 6.07) is -0.216. The highest BCUT2D eigenvalue weighted by Gasteiger charge is 2.37. The number of nitrogens with zero attached hydrogens (tertiary/aromatic N) is 3. The maximum absolute atomic E-state index is 11.5. The van der Waals surface area contributed by atoms with Crippen LogP contribution in [0.15, 0.2) is 6.20 Å². The van der Waals surface area contributed by atoms with E-state index in [0.717, 1.165) is 12.8 Å². The fourth-order valence-corrected chi connectivity index (χ4v) is 1.54. The maximum Gasteiger partial charge on any atom is 0.358 e. The summed E-state index contributed by atoms with van der Waals surface area (Å²) in [5.74, 6) is -1.12. The van der Waals surface area contributed by atoms with Crippen molar-refractivity contribution in [1.29, 1.82) is 0 Å². The normalized spacial score (nSPS) is 15.8. The van der Waals surface area contributed by atoms with Gasteiger partial charge in [0.15, 0.2) is 5.69 Å². The molecule has 1 aromatic rings. The van der Waals surface area contributed by atoms with Crippen LogP contribution in [0.25, 0.3) is 0 Å². The summed E-state index contributed by atoms with van der Waals surface area (Å²) in [5.41, 5.74) is 0.172. The molecule has 1 heterocycles. The highest BCUT2D eigenvalue weighted by atomic mass is 16.4. The molecule has 8 nitrogen and oxygen atoms in total. The van der Waals surface area contributed by atoms with Crippen LogP contribution in [0.4, 0.5) is 4.79 Å². The molecule has 1 saturated carbocycles. The Hall–Kier alpha value is -2.12. The fraction of sp³-hybridized carbons (Fsp3) is 0.636. The highest BCUT2D eigenvalue weighted by molar-refractivity contribution is 5.84. The Morgan fingerprint density at radius 3 is 2.79 bits per heavy atom. The molecule has 1 aromatic heterocycles. The molecule has 0 aliphatic heterocycles. The average Bonchev–Trinajstić information content (AvgIpc) is 2.91. The molecular weight excluding hydrogens is 250 g/mol. The zero-order valence-electron chi connectivity index (χ0n) is 10.7. The number of carbonyl (C=O) groups excluding carboxylic acids is 1. The predicted octanol–water partition coefficient (Wildman–Crippen LogP) is 0.0756. The number of carbonyl (C=O) groups is 2. The van der Waals surface area contributed by atoms with Gasteiger partial charge in [-0.15, -0.1) is 5.10 Å². The second-order valence-electron chi connectivity index (χ2n) is 5.09. The Labute approximate surface area is 110 Å². The summed E-state index contributed by atoms with van der Waals surface area (Å²) in [4.78, 5) is 22.0. The van der Waals surface area contributed by atoms with Crippen molar-refractivity contribution < 1.29 is 14.7 Å². The SMILES string of the molecule is CC1(CNC(=O)NCCn2cc(C(=O)O)nn2)CC1. The smallest absolute Gasteiger partial charge is 0.358 e. The third-order valence-corrected chi connectivity index (χ3v) is 3.16. The minimum atomic E-state index is -1.12. The number of urea groups is 1. The van der Waals surface area contributed by atoms with E-state index >= 15 is 0 Å². The van der Waals surface area contributed by atoms with Crippen molar-refractivity contribution in [3.05, 3.63) is 11.9 Å². The van der Waals surface area contributed by atoms with Crippen molar-refractivity contribution in [1.82, 2.24) is 25.6 Å². The molecule has 8 heteroatoms. The van der Waals surface area contributed by atoms with Gasteiger partial charge in [0.25, 0.3) is 0 Å². The van der Waals surface area contributed by atoms with Gasteiger partial charge in [-0.25, -0.2) is 14.3 Å². The molecule has 0 aromatic carbocycles. The number of rotatable bonds is 6. The van der Waals surface area contributed by atoms with E-state index in [2.05, 4.69) is 27.9 Å². The molecule has 0 unspecified atom stereocenters. The summed E-state index contributed by atoms with van der Waals surface area (Å²) in [7, 11) is 0. The Balaban J connectivity index is 1.64. The first-order chi connectivity index (χ1) is 8.98. The second kappa shape index (κ2) is 5.25. The van der Waals surface area contributed by atoms with Crippen LogP contribution in [-0.4, -0.2) is 45.2 Å². The summed E-state index contributed by atoms with van der Waals surface area (Å²) >= 11 is 0. The van der Waals surface area contributed by atoms with Crippen molar-refractivity contribution in [3.63, 3.8) is 0 Å². The number of aromatic nitrogens is 3. The lowest BCUT2D eigenvalue weighted by molar-refractivity contribution is 0.0690. The lowest BCUT2D eigenvalue weighted by Crippen LogP contribution is -2.39. The third-order valence-electron chi connectivity index (χ3n) is 3.16. The van der Waals surface area contributed by atoms with Gasteiger partial charge in [0.1, 0.15) is 0 Å². The molecule has 1 aliphatic carbocycles. The quantitative estimate of drug-likeness (QED) is 0.676. The molecule has 0 radical (unpaired) electrons. The van der Waals surface area contributed by atoms with E-state index in [0.29, 0.717) is 19.6 Å². The van der Waals surface area contributed by atoms with Crippen LogP contribution in [0.1, 0.15) is 30.3 Å². The predicted molar refractivity (Wildman–Crippen MR) is 65.7 cm³/mol. The van der Waals surface area contributed by atoms with Gasteiger partial charge < -0.3 is 15.7 Å². The second-order valence-corrected chi connectivity index (χ2v) is 5.09. The largest absolute Gasteiger partial charge is 0.476 e. The van der Waals surface area contributed by atoms with Crippen LogP contribution >= 0.6 is 0 Å². The van der Waals surface area contributed by atoms with Gasteiger partial charge in [0.05, 0.1) is 12.7 Å². The van der Waals surface area contributed by atoms with Gasteiger partial charge in [-0.1, -0.05) is 12.1 Å². The minimum absolute atomic E-state index is 0.105. The van der Waals surface area contributed by atoms with Gasteiger partial charge in [-0.3, -0.25) is 0 Å². The molecule has 2 rings (SSSR count). The summed E-state index contributed by atoms with van der Waals surface area (Å²) < 4.78 is 1.38. The lowest BCUT2D eigenvalue weighted by Gasteiger charge is -2.11. The highest BCUT2D eigenvalue weighted by Crippen LogP contribution is 2.43. The maximum atomic E-state index is 11.5. The van der Waals surface area contributed by atoms with Crippen molar-refractivity contribution in [2.24, 2.45) is 5.41 Å². The number of aromatic carboxylic acids is 1. The van der Waals surface area contributed by atoms with E-state index in [1.807, 2.05) is 0 Å². The fourth-order valence-electron chi connectivity index (χ4n) is 1.54. The first kappa shape index (κ1) is 13.3. The number of carboxylic acids is 1. The first-order valence-electron chi connectivity index (χ1n) is 6.14. The van der Waals surface area contributed by atoms with Gasteiger partial charge in [0, 0.05) is 13.1 Å². The van der Waals surface area contributed by atoms with Crippen molar-refractivity contribution in [2.75, 3.05) is 13.1 Å². The number of hydrogen-bond acceptors (Lipinski definition) is 4. The Morgan fingerprint density at radius 2 is 2.21 bits per heavy atom. The molecule has 0 spiro atoms. The van der Waals surface area contributed by atoms with Gasteiger partial charge in [-0.2, -0.15) is 0 Å². The number of nitrogens with one attached hydrogen (secondary N) is 2. The Bertz CT molecular complexity index is 480. The molecule has 19 heavy (non-hydrogen) atoms. The van der Waals surface area contributed by atoms with E-state index in [1.165, 1.54) is 10.9 Å². The van der Waals surface area contributed by atoms with Gasteiger partial charge >= 0.3 is 12.0 Å². The molecule has 104 valence electrons. The molecule has 0 atom stereocenters. The van der Waals surface area contributed by atoms with Crippen LogP contribution in [0, 0.1) is 5.41 Å². The summed E-state index contributed by atoms with van der Waals surface area (Å²) in [6.07, 6.45) is 3.64. The number of amides is 2. The van der Waals surface area contributed by atoms with Crippen LogP contribution in [0.3, 0.4) is 0 Å². The first-order valence-corrected chi connectivity index (χ1v) is 6.14. The number of hydrogen-bond donors (Lipinski definition) is 3. The molecule has 1 fully saturated rings. The molecule has 1 aliphatic rings. The van der Waals surface area contributed by atoms with E-state index in [4.69, 9.17) is 5.11 Å². The molecule has 3 N–H and O–H groups in total. The monoisotopic (exact) mass is 267 g/mol. The van der Waals surface area contributed by atoms with Crippen molar-refractivity contribution >= 4 is 12.0 Å². The molecule has 0 bridgehead atoms. The lowest BCUT2D eigenvalue weighted by atomic mass is 10.1. The van der Waals surface area contributed by atoms with E-state index in [1.54, 1.807) is 0 Å². The van der Waals surface area contributed by atoms with E-state index in [9.17, 15) is 9.59 Å². The topological polar surface area (TPSA) is 109 Å². The zero-order valence-corrected chi connectivity index (χ0v) is 10.7. The molecule has 2 amide bonds. The molecule has 0 saturated heterocycles. The molecular formula is C11H17N5O3. The minimum Gasteiger partial charge on any atom is -0.476 e. The van der Waals surface area contributed by atoms with Crippen molar-refractivity contribution in [3.8, 4) is 0 Å². The van der Waals surface area contributed by atoms with Crippen LogP contribution < -0.4 is 10.6 Å². The van der Waals surface area contributed by atoms with Crippen molar-refractivity contribution in [2.45, 2.75) is 26.3 Å². The number of carboxylic acid groups (broad SMARTS) is 1. The Morgan fingerprint density at radius 1 is 1.47 bits per heavy atom. The summed E-state index contributed by atoms with van der Waals surface area (Å²) in [5, 5.41) is 21.3. The van der Waals surface area contributed by atoms with Crippen LogP contribution in [0.2, 0.25) is 0 Å². The van der Waals surface area contributed by atoms with E-state index < -0.39 is 5.97 Å². The standard InChI is InChI=1S/C11H17N5O3/c1-11(2-3-11)7-13-10(19)12-4-5-16-6-8(9(17)18)14-15-16/h6H,2-5,7H2,1H3,(H,17,18)(H2,12,13,19). The van der Waals surface area contributed by atoms with E-state index in [-0.39, 0.29) is 17.1 Å². The van der Waals surface area contributed by atoms with Gasteiger partial charge in [0.2, 0.25) is 0 Å². The Kier molecular flexibility index (Phi) is 3.68. The zero-order chi connectivity index (χ0) is 13.9. The van der Waals surface area contributed by atoms with Crippen LogP contribution in [0.5, 0.6) is 0 Å².